The lowest BCUT2D eigenvalue weighted by Gasteiger charge is -2.13. The maximum Gasteiger partial charge on any atom is 0.434 e. The molecule has 0 N–H and O–H groups in total. The molecule has 2 heterocycles. The third-order valence-electron chi connectivity index (χ3n) is 5.85. The van der Waals surface area contributed by atoms with Gasteiger partial charge in [-0.05, 0) is 0 Å². The van der Waals surface area contributed by atoms with Crippen LogP contribution in [0.3, 0.4) is 0 Å². The van der Waals surface area contributed by atoms with Gasteiger partial charge in [-0.15, -0.1) is 0 Å². The molecule has 0 unspecified atom stereocenters. The number of hydrogen-bond donors (Lipinski definition) is 0. The van der Waals surface area contributed by atoms with E-state index in [1.165, 1.54) is 48.6 Å². The molecule has 0 atom stereocenters. The summed E-state index contributed by atoms with van der Waals surface area (Å²) in [5, 5.41) is 76.7. The molecule has 0 saturated heterocycles. The molecule has 44 heavy (non-hydrogen) atoms. The van der Waals surface area contributed by atoms with Crippen LogP contribution in [0.2, 0.25) is 0 Å². The minimum absolute atomic E-state index is 0.442. The quantitative estimate of drug-likeness (QED) is 0.395. The second kappa shape index (κ2) is 11.7. The fourth-order valence-electron chi connectivity index (χ4n) is 4.11. The van der Waals surface area contributed by atoms with Crippen molar-refractivity contribution in [1.29, 1.82) is 42.1 Å². The van der Waals surface area contributed by atoms with Crippen LogP contribution in [-0.4, -0.2) is 9.97 Å². The van der Waals surface area contributed by atoms with Crippen LogP contribution in [0.25, 0.3) is 11.1 Å². The Morgan fingerprint density at radius 3 is 1.05 bits per heavy atom. The van der Waals surface area contributed by atoms with Crippen molar-refractivity contribution in [2.45, 2.75) is 12.4 Å². The largest absolute Gasteiger partial charge is 0.434 e. The fraction of sp³-hybridized carbons (Fsp3) is 0.0714. The molecule has 0 bridgehead atoms. The van der Waals surface area contributed by atoms with Crippen LogP contribution in [0.15, 0.2) is 24.5 Å². The van der Waals surface area contributed by atoms with Gasteiger partial charge in [-0.25, -0.2) is 9.97 Å². The van der Waals surface area contributed by atoms with Crippen molar-refractivity contribution in [2.24, 2.45) is 0 Å². The summed E-state index contributed by atoms with van der Waals surface area (Å²) in [6.45, 7) is 0. The van der Waals surface area contributed by atoms with Crippen LogP contribution in [-0.2, 0) is 12.4 Å². The third-order valence-corrected chi connectivity index (χ3v) is 5.85. The van der Waals surface area contributed by atoms with Crippen LogP contribution in [0.5, 0.6) is 0 Å². The molecule has 0 saturated carbocycles. The summed E-state index contributed by atoms with van der Waals surface area (Å²) in [5.41, 5.74) is -12.5. The van der Waals surface area contributed by atoms with Gasteiger partial charge >= 0.3 is 12.4 Å². The molecule has 1 aromatic carbocycles. The second-order valence-corrected chi connectivity index (χ2v) is 8.09. The van der Waals surface area contributed by atoms with E-state index in [-0.39, 0.29) is 0 Å². The van der Waals surface area contributed by atoms with Crippen LogP contribution in [0.1, 0.15) is 55.9 Å². The molecule has 10 nitrogen and oxygen atoms in total. The van der Waals surface area contributed by atoms with Gasteiger partial charge in [0.15, 0.2) is 11.4 Å². The van der Waals surface area contributed by atoms with Crippen molar-refractivity contribution in [3.8, 4) is 48.6 Å². The normalized spacial score (nSPS) is 12.0. The summed E-state index contributed by atoms with van der Waals surface area (Å²) >= 11 is 0. The summed E-state index contributed by atoms with van der Waals surface area (Å²) < 4.78 is 81.7. The van der Waals surface area contributed by atoms with Crippen LogP contribution < -0.4 is 10.4 Å². The molecule has 16 heteroatoms. The third kappa shape index (κ3) is 5.14. The van der Waals surface area contributed by atoms with Crippen molar-refractivity contribution in [1.82, 2.24) is 9.97 Å². The Balaban J connectivity index is 2.73. The fourth-order valence-corrected chi connectivity index (χ4v) is 4.11. The van der Waals surface area contributed by atoms with Crippen molar-refractivity contribution in [2.75, 3.05) is 0 Å². The molecule has 3 rings (SSSR count). The summed E-state index contributed by atoms with van der Waals surface area (Å²) in [7, 11) is 0. The van der Waals surface area contributed by atoms with E-state index >= 15 is 0 Å². The molecular weight excluding hydrogens is 590 g/mol. The average Bonchev–Trinajstić information content (AvgIpc) is 2.99. The Morgan fingerprint density at radius 2 is 0.818 bits per heavy atom. The number of nitrogens with zero attached hydrogens (tertiary/aromatic N) is 10. The molecule has 0 spiro atoms. The van der Waals surface area contributed by atoms with Gasteiger partial charge in [0, 0.05) is 34.0 Å². The molecule has 0 aliphatic rings. The first-order valence-electron chi connectivity index (χ1n) is 11.1. The number of pyridine rings is 2. The first-order valence-corrected chi connectivity index (χ1v) is 11.1. The lowest BCUT2D eigenvalue weighted by Crippen LogP contribution is -2.24. The van der Waals surface area contributed by atoms with Crippen LogP contribution in [0, 0.1) is 90.6 Å². The highest BCUT2D eigenvalue weighted by atomic mass is 19.4. The lowest BCUT2D eigenvalue weighted by atomic mass is 9.89. The Kier molecular flexibility index (Phi) is 8.32. The number of halogens is 6. The Labute approximate surface area is 241 Å². The van der Waals surface area contributed by atoms with E-state index in [1.54, 1.807) is 0 Å². The predicted octanol–water partition coefficient (Wildman–Crippen LogP) is 3.19. The van der Waals surface area contributed by atoms with Gasteiger partial charge in [0.05, 0.1) is 44.5 Å². The number of benzene rings is 1. The zero-order valence-corrected chi connectivity index (χ0v) is 21.0. The van der Waals surface area contributed by atoms with Crippen LogP contribution in [0.4, 0.5) is 26.3 Å². The molecule has 208 valence electrons. The maximum absolute atomic E-state index is 13.6. The van der Waals surface area contributed by atoms with Gasteiger partial charge in [-0.2, -0.15) is 68.4 Å². The number of aromatic nitrogens is 2. The molecule has 0 amide bonds. The number of nitriles is 8. The Morgan fingerprint density at radius 1 is 0.500 bits per heavy atom. The topological polar surface area (TPSA) is 216 Å². The lowest BCUT2D eigenvalue weighted by molar-refractivity contribution is -0.142. The van der Waals surface area contributed by atoms with Gasteiger partial charge in [-0.1, -0.05) is 12.1 Å². The second-order valence-electron chi connectivity index (χ2n) is 8.09. The van der Waals surface area contributed by atoms with E-state index in [2.05, 4.69) is 9.97 Å². The zero-order valence-electron chi connectivity index (χ0n) is 21.0. The Bertz CT molecular complexity index is 2080. The number of rotatable bonds is 2. The van der Waals surface area contributed by atoms with E-state index in [4.69, 9.17) is 0 Å². The van der Waals surface area contributed by atoms with E-state index in [9.17, 15) is 68.4 Å². The minimum atomic E-state index is -5.22. The first kappa shape index (κ1) is 31.3. The van der Waals surface area contributed by atoms with E-state index in [0.717, 1.165) is 12.1 Å². The van der Waals surface area contributed by atoms with Crippen molar-refractivity contribution < 1.29 is 26.3 Å². The standard InChI is InChI=1S/C28H4F6N10/c29-27(30,31)25-21(9-41)23(13(3-35)11-43-25)19(7-39)15-1-2-16(18(6-38)17(15)5-37)20(8-40)24-14(4-36)12-44-26(22(24)10-42)28(32,33)34/h1-2,11-12H/b19-15-,20-16+. The summed E-state index contributed by atoms with van der Waals surface area (Å²) in [6, 6.07) is 13.2. The number of alkyl halides is 6. The highest BCUT2D eigenvalue weighted by Gasteiger charge is 2.39. The maximum atomic E-state index is 13.6. The van der Waals surface area contributed by atoms with Crippen molar-refractivity contribution in [3.05, 3.63) is 90.9 Å². The van der Waals surface area contributed by atoms with Crippen molar-refractivity contribution in [3.63, 3.8) is 0 Å². The van der Waals surface area contributed by atoms with Gasteiger partial charge in [0.25, 0.3) is 0 Å². The average molecular weight is 594 g/mol. The predicted molar refractivity (Wildman–Crippen MR) is 129 cm³/mol. The molecular formula is C28H4F6N10. The van der Waals surface area contributed by atoms with E-state index in [1.807, 2.05) is 0 Å². The van der Waals surface area contributed by atoms with E-state index in [0.29, 0.717) is 12.4 Å². The summed E-state index contributed by atoms with van der Waals surface area (Å²) in [5.74, 6) is 0. The van der Waals surface area contributed by atoms with Gasteiger partial charge in [0.1, 0.15) is 48.6 Å². The molecule has 0 fully saturated rings. The minimum Gasteiger partial charge on any atom is -0.249 e. The van der Waals surface area contributed by atoms with Gasteiger partial charge < -0.3 is 0 Å². The molecule has 3 aromatic rings. The van der Waals surface area contributed by atoms with Gasteiger partial charge in [0.2, 0.25) is 0 Å². The van der Waals surface area contributed by atoms with Gasteiger partial charge in [-0.3, -0.25) is 0 Å². The SMILES string of the molecule is N#C/C(c1c(C#N)cnc(C(F)(F)F)c1C#N)=c1/cc/c(=C(\C#N)c2c(C#N)cnc(C(F)(F)F)c2C#N)c(C#N)c1C#N. The highest BCUT2D eigenvalue weighted by Crippen LogP contribution is 2.35. The zero-order chi connectivity index (χ0) is 33.0. The molecule has 0 aliphatic carbocycles. The number of hydrogen-bond acceptors (Lipinski definition) is 10. The highest BCUT2D eigenvalue weighted by molar-refractivity contribution is 5.87. The molecule has 0 aliphatic heterocycles. The van der Waals surface area contributed by atoms with E-state index < -0.39 is 89.8 Å². The Hall–Kier alpha value is -7.24. The smallest absolute Gasteiger partial charge is 0.249 e. The van der Waals surface area contributed by atoms with Crippen LogP contribution >= 0.6 is 0 Å². The molecule has 2 aromatic heterocycles. The molecule has 0 radical (unpaired) electrons. The monoisotopic (exact) mass is 594 g/mol. The summed E-state index contributed by atoms with van der Waals surface area (Å²) in [6.07, 6.45) is -9.56. The van der Waals surface area contributed by atoms with Crippen molar-refractivity contribution >= 4 is 11.1 Å². The first-order chi connectivity index (χ1) is 20.8. The summed E-state index contributed by atoms with van der Waals surface area (Å²) in [4.78, 5) is 6.18.